The van der Waals surface area contributed by atoms with E-state index in [1.807, 2.05) is 46.2 Å². The van der Waals surface area contributed by atoms with Crippen LogP contribution >= 0.6 is 0 Å². The van der Waals surface area contributed by atoms with Gasteiger partial charge < -0.3 is 9.80 Å². The molecule has 1 fully saturated rings. The maximum Gasteiger partial charge on any atom is 0.214 e. The molecule has 0 bridgehead atoms. The van der Waals surface area contributed by atoms with Gasteiger partial charge in [0, 0.05) is 11.1 Å². The van der Waals surface area contributed by atoms with Crippen LogP contribution < -0.4 is 9.80 Å². The second-order valence-corrected chi connectivity index (χ2v) is 11.2. The Bertz CT molecular complexity index is 1370. The van der Waals surface area contributed by atoms with Gasteiger partial charge in [-0.05, 0) is 63.8 Å². The Balaban J connectivity index is 1.58. The van der Waals surface area contributed by atoms with E-state index in [0.717, 1.165) is 72.1 Å². The molecule has 0 radical (unpaired) electrons. The van der Waals surface area contributed by atoms with Gasteiger partial charge in [-0.2, -0.15) is 0 Å². The number of amides is 2. The van der Waals surface area contributed by atoms with Crippen LogP contribution in [0.15, 0.2) is 84.9 Å². The highest BCUT2D eigenvalue weighted by atomic mass is 16.1. The molecule has 0 unspecified atom stereocenters. The van der Waals surface area contributed by atoms with Crippen LogP contribution in [0.1, 0.15) is 47.9 Å². The molecule has 0 heterocycles. The number of aryl methyl sites for hydroxylation is 4. The first-order valence-corrected chi connectivity index (χ1v) is 14.2. The average Bonchev–Trinajstić information content (AvgIpc) is 2.94. The largest absolute Gasteiger partial charge is 0.309 e. The van der Waals surface area contributed by atoms with Crippen molar-refractivity contribution < 1.29 is 9.59 Å². The van der Waals surface area contributed by atoms with Crippen molar-refractivity contribution in [2.45, 2.75) is 65.5 Å². The molecule has 204 valence electrons. The zero-order valence-electron chi connectivity index (χ0n) is 23.9. The zero-order valence-corrected chi connectivity index (χ0v) is 23.9. The summed E-state index contributed by atoms with van der Waals surface area (Å²) >= 11 is 0. The third kappa shape index (κ3) is 5.58. The highest BCUT2D eigenvalue weighted by Crippen LogP contribution is 2.39. The van der Waals surface area contributed by atoms with Crippen molar-refractivity contribution in [3.8, 4) is 22.3 Å². The van der Waals surface area contributed by atoms with Crippen molar-refractivity contribution in [3.05, 3.63) is 107 Å². The standard InChI is InChI=1S/C36H38N2O2/c1-25-17-26(2)20-29(19-25)31-11-5-7-13-33(31)37(23-39)35-15-9-10-16-36(35)38(24-40)34-14-8-6-12-32(34)30-21-27(3)18-28(4)22-30/h5-8,11-14,17-24,35-36H,9-10,15-16H2,1-4H3/t35-,36-/m1/s1. The molecule has 4 aromatic rings. The second-order valence-electron chi connectivity index (χ2n) is 11.2. The summed E-state index contributed by atoms with van der Waals surface area (Å²) < 4.78 is 0. The quantitative estimate of drug-likeness (QED) is 0.216. The Morgan fingerprint density at radius 3 is 1.25 bits per heavy atom. The van der Waals surface area contributed by atoms with Crippen LogP contribution in [0.4, 0.5) is 11.4 Å². The van der Waals surface area contributed by atoms with E-state index in [-0.39, 0.29) is 12.1 Å². The first-order valence-electron chi connectivity index (χ1n) is 14.2. The molecular formula is C36H38N2O2. The lowest BCUT2D eigenvalue weighted by Gasteiger charge is -2.43. The fraction of sp³-hybridized carbons (Fsp3) is 0.278. The number of hydrogen-bond donors (Lipinski definition) is 0. The number of anilines is 2. The molecule has 0 spiro atoms. The number of hydrogen-bond acceptors (Lipinski definition) is 2. The average molecular weight is 531 g/mol. The van der Waals surface area contributed by atoms with Crippen molar-refractivity contribution in [2.24, 2.45) is 0 Å². The fourth-order valence-electron chi connectivity index (χ4n) is 6.51. The van der Waals surface area contributed by atoms with Gasteiger partial charge in [0.15, 0.2) is 0 Å². The van der Waals surface area contributed by atoms with Gasteiger partial charge >= 0.3 is 0 Å². The minimum absolute atomic E-state index is 0.143. The lowest BCUT2D eigenvalue weighted by molar-refractivity contribution is -0.109. The summed E-state index contributed by atoms with van der Waals surface area (Å²) in [6.07, 6.45) is 5.62. The van der Waals surface area contributed by atoms with Crippen LogP contribution in [-0.4, -0.2) is 24.9 Å². The molecule has 0 N–H and O–H groups in total. The minimum Gasteiger partial charge on any atom is -0.309 e. The number of carbonyl (C=O) groups is 2. The fourth-order valence-corrected chi connectivity index (χ4v) is 6.51. The van der Waals surface area contributed by atoms with E-state index in [2.05, 4.69) is 76.2 Å². The number of nitrogens with zero attached hydrogens (tertiary/aromatic N) is 2. The molecule has 0 aliphatic heterocycles. The maximum atomic E-state index is 12.9. The molecule has 1 aliphatic rings. The molecule has 40 heavy (non-hydrogen) atoms. The number of rotatable bonds is 8. The summed E-state index contributed by atoms with van der Waals surface area (Å²) in [7, 11) is 0. The topological polar surface area (TPSA) is 40.6 Å². The van der Waals surface area contributed by atoms with Gasteiger partial charge in [0.1, 0.15) is 0 Å². The predicted octanol–water partition coefficient (Wildman–Crippen LogP) is 8.19. The van der Waals surface area contributed by atoms with Crippen LogP contribution in [0.2, 0.25) is 0 Å². The van der Waals surface area contributed by atoms with Crippen LogP contribution in [0, 0.1) is 27.7 Å². The number of carbonyl (C=O) groups excluding carboxylic acids is 2. The molecule has 4 aromatic carbocycles. The Morgan fingerprint density at radius 1 is 0.550 bits per heavy atom. The van der Waals surface area contributed by atoms with Gasteiger partial charge in [-0.3, -0.25) is 9.59 Å². The molecule has 2 amide bonds. The molecule has 2 atom stereocenters. The first-order chi connectivity index (χ1) is 19.4. The highest BCUT2D eigenvalue weighted by molar-refractivity contribution is 5.91. The lowest BCUT2D eigenvalue weighted by atomic mass is 9.86. The third-order valence-corrected chi connectivity index (χ3v) is 8.07. The van der Waals surface area contributed by atoms with Crippen molar-refractivity contribution in [3.63, 3.8) is 0 Å². The van der Waals surface area contributed by atoms with Crippen molar-refractivity contribution in [1.82, 2.24) is 0 Å². The lowest BCUT2D eigenvalue weighted by Crippen LogP contribution is -2.53. The molecule has 0 aromatic heterocycles. The smallest absolute Gasteiger partial charge is 0.214 e. The SMILES string of the molecule is Cc1cc(C)cc(-c2ccccc2N(C=O)[C@@H]2CCCC[C@H]2N(C=O)c2ccccc2-c2cc(C)cc(C)c2)c1. The van der Waals surface area contributed by atoms with Gasteiger partial charge in [0.25, 0.3) is 0 Å². The Hall–Kier alpha value is -4.18. The van der Waals surface area contributed by atoms with Crippen LogP contribution in [0.3, 0.4) is 0 Å². The third-order valence-electron chi connectivity index (χ3n) is 8.07. The predicted molar refractivity (Wildman–Crippen MR) is 166 cm³/mol. The van der Waals surface area contributed by atoms with E-state index < -0.39 is 0 Å². The molecule has 5 rings (SSSR count). The zero-order chi connectivity index (χ0) is 28.2. The molecular weight excluding hydrogens is 492 g/mol. The van der Waals surface area contributed by atoms with Crippen molar-refractivity contribution >= 4 is 24.2 Å². The van der Waals surface area contributed by atoms with Crippen molar-refractivity contribution in [1.29, 1.82) is 0 Å². The summed E-state index contributed by atoms with van der Waals surface area (Å²) in [4.78, 5) is 29.6. The van der Waals surface area contributed by atoms with E-state index >= 15 is 0 Å². The van der Waals surface area contributed by atoms with Gasteiger partial charge in [-0.1, -0.05) is 108 Å². The molecule has 4 heteroatoms. The van der Waals surface area contributed by atoms with Gasteiger partial charge in [-0.15, -0.1) is 0 Å². The van der Waals surface area contributed by atoms with E-state index in [1.54, 1.807) is 0 Å². The van der Waals surface area contributed by atoms with E-state index in [9.17, 15) is 9.59 Å². The summed E-state index contributed by atoms with van der Waals surface area (Å²) in [5, 5.41) is 0. The Labute approximate surface area is 238 Å². The van der Waals surface area contributed by atoms with Gasteiger partial charge in [-0.25, -0.2) is 0 Å². The number of para-hydroxylation sites is 2. The van der Waals surface area contributed by atoms with E-state index in [1.165, 1.54) is 22.3 Å². The van der Waals surface area contributed by atoms with Gasteiger partial charge in [0.05, 0.1) is 23.5 Å². The summed E-state index contributed by atoms with van der Waals surface area (Å²) in [5.41, 5.74) is 10.8. The first kappa shape index (κ1) is 27.4. The van der Waals surface area contributed by atoms with E-state index in [0.29, 0.717) is 0 Å². The molecule has 0 saturated heterocycles. The molecule has 1 aliphatic carbocycles. The Kier molecular flexibility index (Phi) is 8.16. The van der Waals surface area contributed by atoms with Crippen LogP contribution in [0.25, 0.3) is 22.3 Å². The normalized spacial score (nSPS) is 16.8. The maximum absolute atomic E-state index is 12.9. The van der Waals surface area contributed by atoms with Crippen LogP contribution in [-0.2, 0) is 9.59 Å². The highest BCUT2D eigenvalue weighted by Gasteiger charge is 2.36. The summed E-state index contributed by atoms with van der Waals surface area (Å²) in [6, 6.07) is 29.0. The van der Waals surface area contributed by atoms with Crippen LogP contribution in [0.5, 0.6) is 0 Å². The monoisotopic (exact) mass is 530 g/mol. The molecule has 1 saturated carbocycles. The minimum atomic E-state index is -0.143. The van der Waals surface area contributed by atoms with Crippen molar-refractivity contribution in [2.75, 3.05) is 9.80 Å². The van der Waals surface area contributed by atoms with E-state index in [4.69, 9.17) is 0 Å². The number of benzene rings is 4. The van der Waals surface area contributed by atoms with Gasteiger partial charge in [0.2, 0.25) is 12.8 Å². The summed E-state index contributed by atoms with van der Waals surface area (Å²) in [5.74, 6) is 0. The summed E-state index contributed by atoms with van der Waals surface area (Å²) in [6.45, 7) is 8.40. The molecule has 4 nitrogen and oxygen atoms in total. The Morgan fingerprint density at radius 2 is 0.900 bits per heavy atom. The second kappa shape index (κ2) is 11.9.